The number of nitrogens with two attached hydrogens (primary N) is 1. The first-order valence-corrected chi connectivity index (χ1v) is 4.45. The van der Waals surface area contributed by atoms with Gasteiger partial charge < -0.3 is 15.6 Å². The van der Waals surface area contributed by atoms with Gasteiger partial charge in [-0.1, -0.05) is 6.07 Å². The molecular formula is C10H11F2NO2. The zero-order chi connectivity index (χ0) is 11.3. The van der Waals surface area contributed by atoms with Crippen molar-refractivity contribution in [3.05, 3.63) is 23.8 Å². The highest BCUT2D eigenvalue weighted by molar-refractivity contribution is 5.47. The van der Waals surface area contributed by atoms with E-state index in [-0.39, 0.29) is 23.5 Å². The average molecular weight is 215 g/mol. The van der Waals surface area contributed by atoms with Crippen LogP contribution in [-0.2, 0) is 5.54 Å². The standard InChI is InChI=1S/C10H11F2NO2/c1-15-8-3-2-6(4-7(8)14)9(13)5-10(9,11)12/h2-4,14H,5,13H2,1H3. The third-order valence-corrected chi connectivity index (χ3v) is 2.72. The summed E-state index contributed by atoms with van der Waals surface area (Å²) in [5.74, 6) is -2.82. The number of benzene rings is 1. The molecule has 0 spiro atoms. The van der Waals surface area contributed by atoms with Gasteiger partial charge in [0.2, 0.25) is 0 Å². The third kappa shape index (κ3) is 1.34. The SMILES string of the molecule is COc1ccc(C2(N)CC2(F)F)cc1O. The molecule has 5 heteroatoms. The fourth-order valence-electron chi connectivity index (χ4n) is 1.59. The smallest absolute Gasteiger partial charge is 0.272 e. The molecule has 3 N–H and O–H groups in total. The van der Waals surface area contributed by atoms with Crippen molar-refractivity contribution in [3.63, 3.8) is 0 Å². The molecule has 0 amide bonds. The first kappa shape index (κ1) is 10.2. The van der Waals surface area contributed by atoms with Gasteiger partial charge in [0.1, 0.15) is 5.54 Å². The molecule has 0 bridgehead atoms. The number of ether oxygens (including phenoxy) is 1. The van der Waals surface area contributed by atoms with E-state index in [0.29, 0.717) is 0 Å². The highest BCUT2D eigenvalue weighted by Crippen LogP contribution is 2.58. The summed E-state index contributed by atoms with van der Waals surface area (Å²) in [4.78, 5) is 0. The second kappa shape index (κ2) is 2.82. The van der Waals surface area contributed by atoms with Crippen LogP contribution in [0, 0.1) is 0 Å². The average Bonchev–Trinajstić information content (AvgIpc) is 2.67. The van der Waals surface area contributed by atoms with E-state index in [1.54, 1.807) is 0 Å². The Morgan fingerprint density at radius 1 is 1.47 bits per heavy atom. The maximum absolute atomic E-state index is 12.9. The molecule has 1 aliphatic rings. The highest BCUT2D eigenvalue weighted by Gasteiger charge is 2.70. The van der Waals surface area contributed by atoms with Crippen molar-refractivity contribution in [2.45, 2.75) is 17.9 Å². The van der Waals surface area contributed by atoms with E-state index in [4.69, 9.17) is 10.5 Å². The Labute approximate surface area is 85.5 Å². The van der Waals surface area contributed by atoms with Crippen LogP contribution in [0.1, 0.15) is 12.0 Å². The molecule has 2 rings (SSSR count). The van der Waals surface area contributed by atoms with Gasteiger partial charge in [-0.05, 0) is 17.7 Å². The summed E-state index contributed by atoms with van der Waals surface area (Å²) in [5, 5.41) is 9.43. The van der Waals surface area contributed by atoms with Crippen LogP contribution in [0.4, 0.5) is 8.78 Å². The van der Waals surface area contributed by atoms with Crippen LogP contribution in [0.5, 0.6) is 11.5 Å². The van der Waals surface area contributed by atoms with Crippen LogP contribution >= 0.6 is 0 Å². The summed E-state index contributed by atoms with van der Waals surface area (Å²) < 4.78 is 30.7. The second-order valence-electron chi connectivity index (χ2n) is 3.74. The van der Waals surface area contributed by atoms with Crippen LogP contribution in [-0.4, -0.2) is 18.1 Å². The van der Waals surface area contributed by atoms with Gasteiger partial charge in [0.15, 0.2) is 11.5 Å². The Morgan fingerprint density at radius 2 is 2.07 bits per heavy atom. The van der Waals surface area contributed by atoms with E-state index in [1.165, 1.54) is 25.3 Å². The largest absolute Gasteiger partial charge is 0.504 e. The predicted octanol–water partition coefficient (Wildman–Crippen LogP) is 1.59. The van der Waals surface area contributed by atoms with Crippen LogP contribution in [0.15, 0.2) is 18.2 Å². The molecular weight excluding hydrogens is 204 g/mol. The lowest BCUT2D eigenvalue weighted by Crippen LogP contribution is -2.26. The highest BCUT2D eigenvalue weighted by atomic mass is 19.3. The monoisotopic (exact) mass is 215 g/mol. The molecule has 1 aromatic rings. The maximum Gasteiger partial charge on any atom is 0.272 e. The number of rotatable bonds is 2. The summed E-state index contributed by atoms with van der Waals surface area (Å²) in [7, 11) is 1.39. The molecule has 0 aliphatic heterocycles. The summed E-state index contributed by atoms with van der Waals surface area (Å²) >= 11 is 0. The maximum atomic E-state index is 12.9. The van der Waals surface area contributed by atoms with Crippen molar-refractivity contribution in [2.75, 3.05) is 7.11 Å². The number of phenolic OH excluding ortho intramolecular Hbond substituents is 1. The molecule has 82 valence electrons. The molecule has 1 aromatic carbocycles. The van der Waals surface area contributed by atoms with Gasteiger partial charge in [-0.3, -0.25) is 0 Å². The van der Waals surface area contributed by atoms with Crippen LogP contribution in [0.3, 0.4) is 0 Å². The van der Waals surface area contributed by atoms with Crippen LogP contribution < -0.4 is 10.5 Å². The molecule has 1 atom stereocenters. The minimum Gasteiger partial charge on any atom is -0.504 e. The van der Waals surface area contributed by atoms with Crippen LogP contribution in [0.25, 0.3) is 0 Å². The fraction of sp³-hybridized carbons (Fsp3) is 0.400. The Balaban J connectivity index is 2.37. The number of methoxy groups -OCH3 is 1. The number of halogens is 2. The quantitative estimate of drug-likeness (QED) is 0.787. The molecule has 0 aromatic heterocycles. The lowest BCUT2D eigenvalue weighted by atomic mass is 10.0. The van der Waals surface area contributed by atoms with Crippen molar-refractivity contribution in [1.82, 2.24) is 0 Å². The molecule has 0 saturated heterocycles. The van der Waals surface area contributed by atoms with Crippen LogP contribution in [0.2, 0.25) is 0 Å². The number of phenols is 1. The normalized spacial score (nSPS) is 27.5. The summed E-state index contributed by atoms with van der Waals surface area (Å²) in [6.45, 7) is 0. The van der Waals surface area contributed by atoms with E-state index in [2.05, 4.69) is 0 Å². The minimum absolute atomic E-state index is 0.178. The van der Waals surface area contributed by atoms with E-state index in [1.807, 2.05) is 0 Å². The molecule has 15 heavy (non-hydrogen) atoms. The second-order valence-corrected chi connectivity index (χ2v) is 3.74. The van der Waals surface area contributed by atoms with E-state index in [0.717, 1.165) is 0 Å². The molecule has 3 nitrogen and oxygen atoms in total. The first-order valence-electron chi connectivity index (χ1n) is 4.45. The Bertz CT molecular complexity index is 408. The van der Waals surface area contributed by atoms with Gasteiger partial charge in [0.25, 0.3) is 5.92 Å². The molecule has 0 heterocycles. The number of alkyl halides is 2. The van der Waals surface area contributed by atoms with Gasteiger partial charge in [-0.15, -0.1) is 0 Å². The lowest BCUT2D eigenvalue weighted by molar-refractivity contribution is 0.0890. The van der Waals surface area contributed by atoms with E-state index < -0.39 is 11.5 Å². The molecule has 1 saturated carbocycles. The van der Waals surface area contributed by atoms with Crippen molar-refractivity contribution in [1.29, 1.82) is 0 Å². The number of aromatic hydroxyl groups is 1. The molecule has 1 aliphatic carbocycles. The van der Waals surface area contributed by atoms with Crippen molar-refractivity contribution in [2.24, 2.45) is 5.73 Å². The lowest BCUT2D eigenvalue weighted by Gasteiger charge is -2.12. The zero-order valence-corrected chi connectivity index (χ0v) is 8.13. The van der Waals surface area contributed by atoms with Gasteiger partial charge in [0, 0.05) is 6.42 Å². The van der Waals surface area contributed by atoms with Gasteiger partial charge in [0.05, 0.1) is 7.11 Å². The van der Waals surface area contributed by atoms with E-state index in [9.17, 15) is 13.9 Å². The molecule has 1 unspecified atom stereocenters. The third-order valence-electron chi connectivity index (χ3n) is 2.72. The zero-order valence-electron chi connectivity index (χ0n) is 8.13. The Kier molecular flexibility index (Phi) is 1.91. The first-order chi connectivity index (χ1) is 6.90. The number of hydrogen-bond acceptors (Lipinski definition) is 3. The Morgan fingerprint density at radius 3 is 2.47 bits per heavy atom. The summed E-state index contributed by atoms with van der Waals surface area (Å²) in [6.07, 6.45) is -0.383. The van der Waals surface area contributed by atoms with Gasteiger partial charge in [-0.25, -0.2) is 8.78 Å². The molecule has 0 radical (unpaired) electrons. The predicted molar refractivity (Wildman–Crippen MR) is 50.1 cm³/mol. The summed E-state index contributed by atoms with van der Waals surface area (Å²) in [6, 6.07) is 4.09. The van der Waals surface area contributed by atoms with Crippen molar-refractivity contribution >= 4 is 0 Å². The number of hydrogen-bond donors (Lipinski definition) is 2. The minimum atomic E-state index is -2.88. The van der Waals surface area contributed by atoms with Gasteiger partial charge >= 0.3 is 0 Å². The molecule has 1 fully saturated rings. The van der Waals surface area contributed by atoms with E-state index >= 15 is 0 Å². The Hall–Kier alpha value is -1.36. The topological polar surface area (TPSA) is 55.5 Å². The van der Waals surface area contributed by atoms with Crippen molar-refractivity contribution < 1.29 is 18.6 Å². The van der Waals surface area contributed by atoms with Crippen molar-refractivity contribution in [3.8, 4) is 11.5 Å². The van der Waals surface area contributed by atoms with Gasteiger partial charge in [-0.2, -0.15) is 0 Å². The summed E-state index contributed by atoms with van der Waals surface area (Å²) in [5.41, 5.74) is 4.10. The fourth-order valence-corrected chi connectivity index (χ4v) is 1.59.